The SMILES string of the molecule is O=C1CC(=O)C2(CCCCC2)C1. The maximum absolute atomic E-state index is 11.5. The minimum atomic E-state index is -0.185. The normalized spacial score (nSPS) is 28.3. The summed E-state index contributed by atoms with van der Waals surface area (Å²) in [5, 5.41) is 0. The molecule has 0 heterocycles. The molecular formula is C10H14O2. The van der Waals surface area contributed by atoms with Crippen LogP contribution in [0.25, 0.3) is 0 Å². The number of rotatable bonds is 0. The van der Waals surface area contributed by atoms with Crippen LogP contribution in [0.3, 0.4) is 0 Å². The molecule has 2 aliphatic carbocycles. The Hall–Kier alpha value is -0.660. The molecular weight excluding hydrogens is 152 g/mol. The summed E-state index contributed by atoms with van der Waals surface area (Å²) in [4.78, 5) is 22.6. The average Bonchev–Trinajstić information content (AvgIpc) is 2.29. The van der Waals surface area contributed by atoms with Gasteiger partial charge >= 0.3 is 0 Å². The van der Waals surface area contributed by atoms with E-state index in [-0.39, 0.29) is 23.4 Å². The minimum absolute atomic E-state index is 0.168. The second-order valence-electron chi connectivity index (χ2n) is 4.16. The fourth-order valence-electron chi connectivity index (χ4n) is 2.59. The average molecular weight is 166 g/mol. The van der Waals surface area contributed by atoms with E-state index in [0.29, 0.717) is 6.42 Å². The molecule has 2 saturated carbocycles. The van der Waals surface area contributed by atoms with Crippen molar-refractivity contribution >= 4 is 11.6 Å². The molecule has 0 saturated heterocycles. The van der Waals surface area contributed by atoms with E-state index >= 15 is 0 Å². The van der Waals surface area contributed by atoms with Crippen LogP contribution in [0.2, 0.25) is 0 Å². The van der Waals surface area contributed by atoms with Gasteiger partial charge in [-0.2, -0.15) is 0 Å². The molecule has 2 heteroatoms. The molecule has 0 unspecified atom stereocenters. The second kappa shape index (κ2) is 2.68. The molecule has 0 aromatic carbocycles. The van der Waals surface area contributed by atoms with Gasteiger partial charge in [0.15, 0.2) is 0 Å². The zero-order valence-corrected chi connectivity index (χ0v) is 7.27. The summed E-state index contributed by atoms with van der Waals surface area (Å²) in [5.74, 6) is 0.397. The highest BCUT2D eigenvalue weighted by Crippen LogP contribution is 2.44. The first kappa shape index (κ1) is 7.96. The number of Topliss-reactive ketones (excluding diaryl/α,β-unsaturated/α-hetero) is 2. The van der Waals surface area contributed by atoms with Crippen molar-refractivity contribution in [3.8, 4) is 0 Å². The van der Waals surface area contributed by atoms with Gasteiger partial charge in [-0.25, -0.2) is 0 Å². The summed E-state index contributed by atoms with van der Waals surface area (Å²) in [6, 6.07) is 0. The molecule has 1 spiro atoms. The van der Waals surface area contributed by atoms with Crippen LogP contribution < -0.4 is 0 Å². The van der Waals surface area contributed by atoms with Crippen LogP contribution in [0.15, 0.2) is 0 Å². The maximum Gasteiger partial charge on any atom is 0.146 e. The van der Waals surface area contributed by atoms with E-state index in [4.69, 9.17) is 0 Å². The van der Waals surface area contributed by atoms with Gasteiger partial charge in [0, 0.05) is 11.8 Å². The smallest absolute Gasteiger partial charge is 0.146 e. The highest BCUT2D eigenvalue weighted by molar-refractivity contribution is 6.09. The van der Waals surface area contributed by atoms with Crippen LogP contribution in [0.1, 0.15) is 44.9 Å². The van der Waals surface area contributed by atoms with E-state index in [0.717, 1.165) is 25.7 Å². The van der Waals surface area contributed by atoms with Crippen molar-refractivity contribution in [2.75, 3.05) is 0 Å². The van der Waals surface area contributed by atoms with Crippen LogP contribution in [-0.2, 0) is 9.59 Å². The van der Waals surface area contributed by atoms with Crippen LogP contribution in [0.5, 0.6) is 0 Å². The molecule has 66 valence electrons. The van der Waals surface area contributed by atoms with Gasteiger partial charge in [0.25, 0.3) is 0 Å². The van der Waals surface area contributed by atoms with Gasteiger partial charge in [0.1, 0.15) is 11.6 Å². The van der Waals surface area contributed by atoms with Crippen molar-refractivity contribution in [1.82, 2.24) is 0 Å². The molecule has 2 fully saturated rings. The fraction of sp³-hybridized carbons (Fsp3) is 0.800. The first-order chi connectivity index (χ1) is 5.73. The molecule has 0 atom stereocenters. The monoisotopic (exact) mass is 166 g/mol. The lowest BCUT2D eigenvalue weighted by Crippen LogP contribution is -2.28. The maximum atomic E-state index is 11.5. The Bertz CT molecular complexity index is 224. The Labute approximate surface area is 72.3 Å². The molecule has 0 N–H and O–H groups in total. The third kappa shape index (κ3) is 1.10. The van der Waals surface area contributed by atoms with E-state index in [9.17, 15) is 9.59 Å². The first-order valence-electron chi connectivity index (χ1n) is 4.78. The zero-order chi connectivity index (χ0) is 8.60. The first-order valence-corrected chi connectivity index (χ1v) is 4.78. The molecule has 2 nitrogen and oxygen atoms in total. The van der Waals surface area contributed by atoms with E-state index in [2.05, 4.69) is 0 Å². The lowest BCUT2D eigenvalue weighted by atomic mass is 9.72. The Morgan fingerprint density at radius 2 is 1.67 bits per heavy atom. The highest BCUT2D eigenvalue weighted by Gasteiger charge is 2.46. The lowest BCUT2D eigenvalue weighted by molar-refractivity contribution is -0.127. The lowest BCUT2D eigenvalue weighted by Gasteiger charge is -2.30. The summed E-state index contributed by atoms with van der Waals surface area (Å²) in [6.07, 6.45) is 6.22. The zero-order valence-electron chi connectivity index (χ0n) is 7.27. The molecule has 0 aromatic heterocycles. The summed E-state index contributed by atoms with van der Waals surface area (Å²) in [6.45, 7) is 0. The number of carbonyl (C=O) groups excluding carboxylic acids is 2. The van der Waals surface area contributed by atoms with E-state index in [1.165, 1.54) is 6.42 Å². The Morgan fingerprint density at radius 3 is 2.17 bits per heavy atom. The van der Waals surface area contributed by atoms with Crippen molar-refractivity contribution in [3.63, 3.8) is 0 Å². The number of carbonyl (C=O) groups is 2. The van der Waals surface area contributed by atoms with E-state index in [1.807, 2.05) is 0 Å². The standard InChI is InChI=1S/C10H14O2/c11-8-6-9(12)10(7-8)4-2-1-3-5-10/h1-7H2. The minimum Gasteiger partial charge on any atom is -0.299 e. The van der Waals surface area contributed by atoms with Gasteiger partial charge < -0.3 is 0 Å². The quantitative estimate of drug-likeness (QED) is 0.515. The van der Waals surface area contributed by atoms with Crippen molar-refractivity contribution < 1.29 is 9.59 Å². The van der Waals surface area contributed by atoms with Gasteiger partial charge in [-0.1, -0.05) is 19.3 Å². The summed E-state index contributed by atoms with van der Waals surface area (Å²) in [5.41, 5.74) is -0.185. The van der Waals surface area contributed by atoms with Crippen LogP contribution >= 0.6 is 0 Å². The van der Waals surface area contributed by atoms with Gasteiger partial charge in [0.05, 0.1) is 6.42 Å². The topological polar surface area (TPSA) is 34.1 Å². The van der Waals surface area contributed by atoms with Gasteiger partial charge in [-0.05, 0) is 12.8 Å². The molecule has 12 heavy (non-hydrogen) atoms. The summed E-state index contributed by atoms with van der Waals surface area (Å²) in [7, 11) is 0. The van der Waals surface area contributed by atoms with E-state index < -0.39 is 0 Å². The third-order valence-corrected chi connectivity index (χ3v) is 3.30. The fourth-order valence-corrected chi connectivity index (χ4v) is 2.59. The molecule has 2 rings (SSSR count). The largest absolute Gasteiger partial charge is 0.299 e. The Morgan fingerprint density at radius 1 is 1.00 bits per heavy atom. The van der Waals surface area contributed by atoms with Crippen LogP contribution in [0.4, 0.5) is 0 Å². The third-order valence-electron chi connectivity index (χ3n) is 3.30. The van der Waals surface area contributed by atoms with E-state index in [1.54, 1.807) is 0 Å². The predicted molar refractivity (Wildman–Crippen MR) is 44.8 cm³/mol. The molecule has 0 amide bonds. The molecule has 0 aromatic rings. The summed E-state index contributed by atoms with van der Waals surface area (Å²) < 4.78 is 0. The Kier molecular flexibility index (Phi) is 1.78. The van der Waals surface area contributed by atoms with Crippen molar-refractivity contribution in [2.24, 2.45) is 5.41 Å². The van der Waals surface area contributed by atoms with Crippen molar-refractivity contribution in [3.05, 3.63) is 0 Å². The number of ketones is 2. The highest BCUT2D eigenvalue weighted by atomic mass is 16.2. The number of hydrogen-bond donors (Lipinski definition) is 0. The van der Waals surface area contributed by atoms with Gasteiger partial charge in [-0.15, -0.1) is 0 Å². The molecule has 0 radical (unpaired) electrons. The van der Waals surface area contributed by atoms with Gasteiger partial charge in [-0.3, -0.25) is 9.59 Å². The molecule has 0 aliphatic heterocycles. The molecule has 2 aliphatic rings. The van der Waals surface area contributed by atoms with Gasteiger partial charge in [0.2, 0.25) is 0 Å². The molecule has 0 bridgehead atoms. The van der Waals surface area contributed by atoms with Crippen LogP contribution in [0, 0.1) is 5.41 Å². The van der Waals surface area contributed by atoms with Crippen molar-refractivity contribution in [2.45, 2.75) is 44.9 Å². The predicted octanol–water partition coefficient (Wildman–Crippen LogP) is 1.87. The van der Waals surface area contributed by atoms with Crippen LogP contribution in [-0.4, -0.2) is 11.6 Å². The Balaban J connectivity index is 2.18. The summed E-state index contributed by atoms with van der Waals surface area (Å²) >= 11 is 0. The van der Waals surface area contributed by atoms with Crippen molar-refractivity contribution in [1.29, 1.82) is 0 Å². The number of hydrogen-bond acceptors (Lipinski definition) is 2. The second-order valence-corrected chi connectivity index (χ2v) is 4.16.